The first kappa shape index (κ1) is 9.00. The van der Waals surface area contributed by atoms with Crippen molar-refractivity contribution in [3.05, 3.63) is 40.6 Å². The number of nitrogens with zero attached hydrogens (tertiary/aromatic N) is 1. The second kappa shape index (κ2) is 4.72. The van der Waals surface area contributed by atoms with E-state index < -0.39 is 0 Å². The van der Waals surface area contributed by atoms with E-state index >= 15 is 0 Å². The van der Waals surface area contributed by atoms with Crippen molar-refractivity contribution in [3.63, 3.8) is 0 Å². The molecule has 0 aromatic carbocycles. The van der Waals surface area contributed by atoms with Crippen LogP contribution >= 0.6 is 11.3 Å². The Balaban J connectivity index is 0.000000120. The monoisotopic (exact) mass is 180 g/mol. The summed E-state index contributed by atoms with van der Waals surface area (Å²) >= 11 is 1.67. The first-order valence-corrected chi connectivity index (χ1v) is 4.61. The maximum atomic E-state index is 3.84. The molecule has 0 aliphatic rings. The average Bonchev–Trinajstić information content (AvgIpc) is 2.63. The molecule has 1 N–H and O–H groups in total. The fourth-order valence-electron chi connectivity index (χ4n) is 0.687. The summed E-state index contributed by atoms with van der Waals surface area (Å²) in [5, 5.41) is 0. The minimum absolute atomic E-state index is 1.27. The molecule has 0 spiro atoms. The Morgan fingerprint density at radius 3 is 2.42 bits per heavy atom. The van der Waals surface area contributed by atoms with Crippen molar-refractivity contribution in [1.29, 1.82) is 0 Å². The van der Waals surface area contributed by atoms with Crippen LogP contribution in [0.5, 0.6) is 0 Å². The third kappa shape index (κ3) is 3.34. The molecule has 0 amide bonds. The third-order valence-electron chi connectivity index (χ3n) is 1.31. The van der Waals surface area contributed by atoms with Gasteiger partial charge in [0, 0.05) is 23.5 Å². The van der Waals surface area contributed by atoms with Crippen LogP contribution in [0, 0.1) is 13.8 Å². The lowest BCUT2D eigenvalue weighted by Gasteiger charge is -1.65. The van der Waals surface area contributed by atoms with Crippen LogP contribution in [0.25, 0.3) is 0 Å². The molecule has 0 radical (unpaired) electrons. The molecule has 2 heterocycles. The molecule has 2 aromatic rings. The first-order chi connectivity index (χ1) is 5.79. The van der Waals surface area contributed by atoms with Crippen LogP contribution in [0.15, 0.2) is 30.2 Å². The van der Waals surface area contributed by atoms with Gasteiger partial charge in [0.1, 0.15) is 0 Å². The number of hydrogen-bond donors (Lipinski definition) is 1. The summed E-state index contributed by atoms with van der Waals surface area (Å²) < 4.78 is 0. The minimum Gasteiger partial charge on any atom is -0.367 e. The minimum atomic E-state index is 1.27. The van der Waals surface area contributed by atoms with Crippen molar-refractivity contribution < 1.29 is 0 Å². The summed E-state index contributed by atoms with van der Waals surface area (Å²) in [6.45, 7) is 4.09. The van der Waals surface area contributed by atoms with Crippen LogP contribution in [-0.2, 0) is 0 Å². The lowest BCUT2D eigenvalue weighted by atomic mass is 10.4. The number of aromatic amines is 1. The van der Waals surface area contributed by atoms with Crippen LogP contribution in [0.1, 0.15) is 10.4 Å². The van der Waals surface area contributed by atoms with E-state index in [-0.39, 0.29) is 0 Å². The van der Waals surface area contributed by atoms with Gasteiger partial charge >= 0.3 is 0 Å². The second-order valence-electron chi connectivity index (χ2n) is 2.50. The Morgan fingerprint density at radius 2 is 2.25 bits per heavy atom. The Hall–Kier alpha value is -1.09. The van der Waals surface area contributed by atoms with E-state index in [1.165, 1.54) is 10.4 Å². The number of hydrogen-bond acceptors (Lipinski definition) is 2. The molecular weight excluding hydrogens is 168 g/mol. The normalized spacial score (nSPS) is 8.83. The lowest BCUT2D eigenvalue weighted by Crippen LogP contribution is -1.50. The van der Waals surface area contributed by atoms with E-state index in [0.717, 1.165) is 0 Å². The molecule has 0 fully saturated rings. The predicted octanol–water partition coefficient (Wildman–Crippen LogP) is 2.77. The first-order valence-electron chi connectivity index (χ1n) is 3.73. The molecule has 0 atom stereocenters. The van der Waals surface area contributed by atoms with Crippen LogP contribution < -0.4 is 0 Å². The van der Waals surface area contributed by atoms with E-state index in [1.807, 2.05) is 37.1 Å². The molecule has 0 bridgehead atoms. The molecule has 2 nitrogen and oxygen atoms in total. The van der Waals surface area contributed by atoms with Gasteiger partial charge < -0.3 is 4.98 Å². The zero-order valence-corrected chi connectivity index (χ0v) is 8.06. The molecule has 0 aliphatic carbocycles. The number of nitrogens with one attached hydrogen (secondary N) is 1. The van der Waals surface area contributed by atoms with Crippen molar-refractivity contribution in [2.75, 3.05) is 0 Å². The van der Waals surface area contributed by atoms with Crippen LogP contribution in [0.3, 0.4) is 0 Å². The highest BCUT2D eigenvalue weighted by Crippen LogP contribution is 1.99. The SMILES string of the molecule is Cc1cc[nH]c1.Cc1cncs1. The molecular formula is C9H12N2S. The van der Waals surface area contributed by atoms with Crippen LogP contribution in [0.2, 0.25) is 0 Å². The van der Waals surface area contributed by atoms with Gasteiger partial charge in [-0.25, -0.2) is 0 Å². The Bertz CT molecular complexity index is 252. The van der Waals surface area contributed by atoms with Gasteiger partial charge in [0.05, 0.1) is 5.51 Å². The maximum absolute atomic E-state index is 3.84. The molecule has 0 saturated carbocycles. The molecule has 2 rings (SSSR count). The Kier molecular flexibility index (Phi) is 3.54. The Labute approximate surface area is 76.3 Å². The van der Waals surface area contributed by atoms with E-state index in [0.29, 0.717) is 0 Å². The smallest absolute Gasteiger partial charge is 0.0794 e. The number of H-pyrrole nitrogens is 1. The summed E-state index contributed by atoms with van der Waals surface area (Å²) in [4.78, 5) is 8.04. The summed E-state index contributed by atoms with van der Waals surface area (Å²) in [6.07, 6.45) is 5.72. The number of aromatic nitrogens is 2. The number of thiazole rings is 1. The van der Waals surface area contributed by atoms with Crippen molar-refractivity contribution in [2.24, 2.45) is 0 Å². The molecule has 2 aromatic heterocycles. The molecule has 12 heavy (non-hydrogen) atoms. The van der Waals surface area contributed by atoms with Crippen LogP contribution in [-0.4, -0.2) is 9.97 Å². The van der Waals surface area contributed by atoms with E-state index in [4.69, 9.17) is 0 Å². The lowest BCUT2D eigenvalue weighted by molar-refractivity contribution is 1.39. The van der Waals surface area contributed by atoms with Gasteiger partial charge in [-0.05, 0) is 25.5 Å². The van der Waals surface area contributed by atoms with E-state index in [9.17, 15) is 0 Å². The summed E-state index contributed by atoms with van der Waals surface area (Å²) in [7, 11) is 0. The van der Waals surface area contributed by atoms with Crippen molar-refractivity contribution in [1.82, 2.24) is 9.97 Å². The van der Waals surface area contributed by atoms with E-state index in [1.54, 1.807) is 11.3 Å². The van der Waals surface area contributed by atoms with Crippen molar-refractivity contribution >= 4 is 11.3 Å². The molecule has 0 saturated heterocycles. The molecule has 0 unspecified atom stereocenters. The van der Waals surface area contributed by atoms with Gasteiger partial charge in [-0.3, -0.25) is 4.98 Å². The fraction of sp³-hybridized carbons (Fsp3) is 0.222. The second-order valence-corrected chi connectivity index (χ2v) is 3.59. The highest BCUT2D eigenvalue weighted by Gasteiger charge is 1.76. The van der Waals surface area contributed by atoms with E-state index in [2.05, 4.69) is 16.9 Å². The molecule has 0 aliphatic heterocycles. The zero-order valence-electron chi connectivity index (χ0n) is 7.24. The predicted molar refractivity (Wildman–Crippen MR) is 52.4 cm³/mol. The van der Waals surface area contributed by atoms with Crippen molar-refractivity contribution in [2.45, 2.75) is 13.8 Å². The standard InChI is InChI=1S/C5H7N.C4H5NS/c1-5-2-3-6-4-5;1-4-2-5-3-6-4/h2-4,6H,1H3;2-3H,1H3. The van der Waals surface area contributed by atoms with Gasteiger partial charge in [0.15, 0.2) is 0 Å². The molecule has 64 valence electrons. The Morgan fingerprint density at radius 1 is 1.42 bits per heavy atom. The zero-order chi connectivity index (χ0) is 8.81. The van der Waals surface area contributed by atoms with Gasteiger partial charge in [0.2, 0.25) is 0 Å². The molecule has 3 heteroatoms. The average molecular weight is 180 g/mol. The summed E-state index contributed by atoms with van der Waals surface area (Å²) in [5.74, 6) is 0. The maximum Gasteiger partial charge on any atom is 0.0794 e. The topological polar surface area (TPSA) is 28.7 Å². The number of aryl methyl sites for hydroxylation is 2. The van der Waals surface area contributed by atoms with Gasteiger partial charge in [0.25, 0.3) is 0 Å². The summed E-state index contributed by atoms with van der Waals surface area (Å²) in [5.41, 5.74) is 3.12. The van der Waals surface area contributed by atoms with Gasteiger partial charge in [-0.1, -0.05) is 0 Å². The number of rotatable bonds is 0. The summed E-state index contributed by atoms with van der Waals surface area (Å²) in [6, 6.07) is 2.03. The quantitative estimate of drug-likeness (QED) is 0.663. The van der Waals surface area contributed by atoms with Gasteiger partial charge in [-0.2, -0.15) is 0 Å². The highest BCUT2D eigenvalue weighted by molar-refractivity contribution is 7.09. The van der Waals surface area contributed by atoms with Gasteiger partial charge in [-0.15, -0.1) is 11.3 Å². The highest BCUT2D eigenvalue weighted by atomic mass is 32.1. The van der Waals surface area contributed by atoms with Crippen LogP contribution in [0.4, 0.5) is 0 Å². The fourth-order valence-corrected chi connectivity index (χ4v) is 1.10. The largest absolute Gasteiger partial charge is 0.367 e. The van der Waals surface area contributed by atoms with Crippen molar-refractivity contribution in [3.8, 4) is 0 Å². The third-order valence-corrected chi connectivity index (χ3v) is 2.01.